The Morgan fingerprint density at radius 3 is 1.49 bits per heavy atom. The number of allylic oxidation sites excluding steroid dienone is 2. The number of benzene rings is 2. The molecule has 3 aromatic heterocycles. The van der Waals surface area contributed by atoms with Gasteiger partial charge in [0.05, 0.1) is 28.2 Å². The van der Waals surface area contributed by atoms with E-state index in [2.05, 4.69) is 19.9 Å². The predicted molar refractivity (Wildman–Crippen MR) is 157 cm³/mol. The normalized spacial score (nSPS) is 15.7. The molecule has 0 radical (unpaired) electrons. The number of H-pyrrole nitrogens is 3. The van der Waals surface area contributed by atoms with Crippen LogP contribution in [0.1, 0.15) is 35.0 Å². The molecule has 2 aliphatic heterocycles. The summed E-state index contributed by atoms with van der Waals surface area (Å²) < 4.78 is 149. The Morgan fingerprint density at radius 2 is 1.00 bits per heavy atom. The van der Waals surface area contributed by atoms with Crippen LogP contribution in [0.15, 0.2) is 41.0 Å². The first-order chi connectivity index (χ1) is 23.2. The van der Waals surface area contributed by atoms with Crippen LogP contribution in [0, 0.1) is 71.0 Å². The van der Waals surface area contributed by atoms with E-state index in [1.54, 1.807) is 25.2 Å². The summed E-state index contributed by atoms with van der Waals surface area (Å²) in [4.78, 5) is 12.7. The molecule has 2 aliphatic rings. The molecule has 1 atom stereocenters. The van der Waals surface area contributed by atoms with Gasteiger partial charge in [0, 0.05) is 49.7 Å². The van der Waals surface area contributed by atoms with Gasteiger partial charge in [0.2, 0.25) is 11.6 Å². The fraction of sp³-hybridized carbons (Fsp3) is 0.0882. The first-order valence-electron chi connectivity index (χ1n) is 14.3. The van der Waals surface area contributed by atoms with Crippen LogP contribution in [0.3, 0.4) is 0 Å². The molecule has 0 aliphatic carbocycles. The van der Waals surface area contributed by atoms with Crippen LogP contribution in [0.4, 0.5) is 43.9 Å². The number of fused-ring (bicyclic) bond motifs is 7. The van der Waals surface area contributed by atoms with E-state index in [-0.39, 0.29) is 32.9 Å². The number of rotatable bonds is 2. The summed E-state index contributed by atoms with van der Waals surface area (Å²) in [7, 11) is 0. The van der Waals surface area contributed by atoms with Crippen LogP contribution in [0.5, 0.6) is 5.75 Å². The zero-order valence-corrected chi connectivity index (χ0v) is 24.8. The summed E-state index contributed by atoms with van der Waals surface area (Å²) in [6, 6.07) is 5.24. The minimum atomic E-state index is -2.46. The number of hydrogen-bond acceptors (Lipinski definition) is 2. The Balaban J connectivity index is 1.70. The molecule has 5 nitrogen and oxygen atoms in total. The lowest BCUT2D eigenvalue weighted by molar-refractivity contribution is 0.376. The highest BCUT2D eigenvalue weighted by Gasteiger charge is 2.34. The van der Waals surface area contributed by atoms with Gasteiger partial charge in [-0.05, 0) is 49.4 Å². The van der Waals surface area contributed by atoms with Crippen molar-refractivity contribution in [1.29, 1.82) is 0 Å². The van der Waals surface area contributed by atoms with E-state index in [0.29, 0.717) is 11.4 Å². The lowest BCUT2D eigenvalue weighted by Gasteiger charge is -2.13. The van der Waals surface area contributed by atoms with Gasteiger partial charge >= 0.3 is 0 Å². The van der Waals surface area contributed by atoms with Crippen molar-refractivity contribution in [3.8, 4) is 5.75 Å². The van der Waals surface area contributed by atoms with Gasteiger partial charge in [0.15, 0.2) is 46.5 Å². The van der Waals surface area contributed by atoms with Crippen molar-refractivity contribution < 1.29 is 49.0 Å². The number of aromatic nitrogens is 3. The SMILES string of the molecule is Cc1c2[nH]c(c1O)C(c1c(F)c(F)c(F)c(F)c1F)=c1ccc([nH]1)=CC1=NC(=CC1C)C=c1ccc([nH]1)=C2c1c(F)c(F)c(F)c(F)c1F. The Kier molecular flexibility index (Phi) is 7.26. The highest BCUT2D eigenvalue weighted by molar-refractivity contribution is 6.14. The maximum Gasteiger partial charge on any atom is 0.200 e. The summed E-state index contributed by atoms with van der Waals surface area (Å²) in [5, 5.41) is 11.3. The van der Waals surface area contributed by atoms with Crippen LogP contribution in [0.2, 0.25) is 0 Å². The molecule has 4 N–H and O–H groups in total. The Hall–Kier alpha value is -5.73. The number of nitrogens with one attached hydrogen (secondary N) is 3. The molecule has 0 saturated heterocycles. The lowest BCUT2D eigenvalue weighted by Crippen LogP contribution is -2.20. The second-order valence-electron chi connectivity index (χ2n) is 11.3. The van der Waals surface area contributed by atoms with E-state index in [1.807, 2.05) is 0 Å². The van der Waals surface area contributed by atoms with Gasteiger partial charge < -0.3 is 20.1 Å². The van der Waals surface area contributed by atoms with Gasteiger partial charge in [0.1, 0.15) is 5.75 Å². The highest BCUT2D eigenvalue weighted by atomic mass is 19.2. The Labute approximate surface area is 267 Å². The summed E-state index contributed by atoms with van der Waals surface area (Å²) in [5.41, 5.74) is -5.27. The molecule has 49 heavy (non-hydrogen) atoms. The molecular weight excluding hydrogens is 670 g/mol. The monoisotopic (exact) mass is 688 g/mol. The molecule has 5 aromatic rings. The molecule has 8 bridgehead atoms. The lowest BCUT2D eigenvalue weighted by atomic mass is 9.97. The summed E-state index contributed by atoms with van der Waals surface area (Å²) >= 11 is 0. The van der Waals surface area contributed by atoms with Gasteiger partial charge in [-0.2, -0.15) is 0 Å². The van der Waals surface area contributed by atoms with Crippen LogP contribution in [-0.2, 0) is 0 Å². The third-order valence-electron chi connectivity index (χ3n) is 8.34. The molecule has 1 unspecified atom stereocenters. The summed E-state index contributed by atoms with van der Waals surface area (Å²) in [5.74, 6) is -24.4. The second-order valence-corrected chi connectivity index (χ2v) is 11.3. The average molecular weight is 689 g/mol. The highest BCUT2D eigenvalue weighted by Crippen LogP contribution is 2.40. The minimum Gasteiger partial charge on any atom is -0.505 e. The fourth-order valence-corrected chi connectivity index (χ4v) is 5.93. The van der Waals surface area contributed by atoms with Gasteiger partial charge in [-0.25, -0.2) is 43.9 Å². The topological polar surface area (TPSA) is 80.0 Å². The molecule has 7 rings (SSSR count). The zero-order valence-electron chi connectivity index (χ0n) is 24.8. The van der Waals surface area contributed by atoms with Crippen molar-refractivity contribution >= 4 is 29.0 Å². The van der Waals surface area contributed by atoms with E-state index in [9.17, 15) is 31.4 Å². The molecule has 0 fully saturated rings. The molecule has 0 amide bonds. The van der Waals surface area contributed by atoms with Crippen molar-refractivity contribution in [3.05, 3.63) is 144 Å². The van der Waals surface area contributed by atoms with Crippen molar-refractivity contribution in [1.82, 2.24) is 15.0 Å². The molecular formula is C34H18F10N4O. The Bertz CT molecular complexity index is 2550. The first kappa shape index (κ1) is 31.8. The molecule has 2 aromatic carbocycles. The fourth-order valence-electron chi connectivity index (χ4n) is 5.93. The van der Waals surface area contributed by atoms with Crippen molar-refractivity contribution in [2.75, 3.05) is 0 Å². The van der Waals surface area contributed by atoms with Crippen molar-refractivity contribution in [2.45, 2.75) is 13.8 Å². The quantitative estimate of drug-likeness (QED) is 0.116. The van der Waals surface area contributed by atoms with Crippen molar-refractivity contribution in [2.24, 2.45) is 10.9 Å². The van der Waals surface area contributed by atoms with E-state index in [0.717, 1.165) is 6.92 Å². The van der Waals surface area contributed by atoms with Gasteiger partial charge in [0.25, 0.3) is 0 Å². The Morgan fingerprint density at radius 1 is 0.571 bits per heavy atom. The maximum atomic E-state index is 15.5. The molecule has 15 heteroatoms. The number of aliphatic imine (C=N–C) groups is 1. The van der Waals surface area contributed by atoms with Gasteiger partial charge in [-0.1, -0.05) is 6.92 Å². The maximum absolute atomic E-state index is 15.5. The zero-order chi connectivity index (χ0) is 35.2. The molecule has 250 valence electrons. The van der Waals surface area contributed by atoms with Crippen LogP contribution >= 0.6 is 0 Å². The largest absolute Gasteiger partial charge is 0.505 e. The second kappa shape index (κ2) is 11.2. The minimum absolute atomic E-state index is 0.252. The van der Waals surface area contributed by atoms with Gasteiger partial charge in [-0.3, -0.25) is 4.99 Å². The van der Waals surface area contributed by atoms with E-state index in [1.165, 1.54) is 24.3 Å². The first-order valence-corrected chi connectivity index (χ1v) is 14.3. The van der Waals surface area contributed by atoms with Crippen LogP contribution in [-0.4, -0.2) is 25.8 Å². The number of halogens is 10. The number of aromatic amines is 3. The molecule has 0 saturated carbocycles. The third kappa shape index (κ3) is 4.74. The van der Waals surface area contributed by atoms with E-state index < -0.39 is 97.6 Å². The standard InChI is InChI=1S/C34H18F10N4O/c1-10-7-14-8-12-3-5-15(45-12)18(20-22(35)26(39)30(43)27(40)23(20)36)32-11(2)34(49)33(48-32)19(16-6-4-13(46-16)9-17(10)47-14)21-24(37)28(41)31(44)29(42)25(21)38/h3-10,45-46,48-49H,1-2H3. The number of hydrogen-bond donors (Lipinski definition) is 4. The average Bonchev–Trinajstić information content (AvgIpc) is 3.87. The predicted octanol–water partition coefficient (Wildman–Crippen LogP) is 5.12. The van der Waals surface area contributed by atoms with Crippen LogP contribution in [0.25, 0.3) is 23.3 Å². The van der Waals surface area contributed by atoms with E-state index >= 15 is 17.6 Å². The van der Waals surface area contributed by atoms with Crippen molar-refractivity contribution in [3.63, 3.8) is 0 Å². The summed E-state index contributed by atoms with van der Waals surface area (Å²) in [6.07, 6.45) is 4.85. The molecule has 0 spiro atoms. The summed E-state index contributed by atoms with van der Waals surface area (Å²) in [6.45, 7) is 2.92. The smallest absolute Gasteiger partial charge is 0.200 e. The number of aromatic hydroxyl groups is 1. The third-order valence-corrected chi connectivity index (χ3v) is 8.34. The van der Waals surface area contributed by atoms with E-state index in [4.69, 9.17) is 0 Å². The van der Waals surface area contributed by atoms with Crippen LogP contribution < -0.4 is 21.4 Å². The molecule has 5 heterocycles. The van der Waals surface area contributed by atoms with Gasteiger partial charge in [-0.15, -0.1) is 0 Å². The number of nitrogens with zero attached hydrogens (tertiary/aromatic N) is 1.